The Hall–Kier alpha value is -2.03. The van der Waals surface area contributed by atoms with Gasteiger partial charge in [0.15, 0.2) is 5.96 Å². The van der Waals surface area contributed by atoms with Crippen LogP contribution < -0.4 is 5.32 Å². The number of aromatic nitrogens is 2. The number of furan rings is 1. The van der Waals surface area contributed by atoms with Crippen LogP contribution in [0.1, 0.15) is 24.4 Å². The highest BCUT2D eigenvalue weighted by Gasteiger charge is 2.10. The molecule has 3 aromatic rings. The van der Waals surface area contributed by atoms with Crippen molar-refractivity contribution >= 4 is 40.9 Å². The number of benzene rings is 1. The van der Waals surface area contributed by atoms with Gasteiger partial charge in [-0.25, -0.2) is 4.98 Å². The molecule has 3 rings (SSSR count). The summed E-state index contributed by atoms with van der Waals surface area (Å²) in [4.78, 5) is 10.7. The molecule has 146 valence electrons. The first-order chi connectivity index (χ1) is 12.7. The Morgan fingerprint density at radius 1 is 1.30 bits per heavy atom. The number of fused-ring (bicyclic) bond motifs is 1. The van der Waals surface area contributed by atoms with Crippen LogP contribution in [-0.2, 0) is 13.1 Å². The van der Waals surface area contributed by atoms with Gasteiger partial charge >= 0.3 is 0 Å². The summed E-state index contributed by atoms with van der Waals surface area (Å²) in [5.74, 6) is 2.89. The van der Waals surface area contributed by atoms with Crippen molar-refractivity contribution in [2.75, 3.05) is 20.6 Å². The Morgan fingerprint density at radius 3 is 2.81 bits per heavy atom. The number of para-hydroxylation sites is 1. The van der Waals surface area contributed by atoms with Crippen LogP contribution in [0.5, 0.6) is 0 Å². The highest BCUT2D eigenvalue weighted by atomic mass is 127. The van der Waals surface area contributed by atoms with E-state index < -0.39 is 0 Å². The second kappa shape index (κ2) is 10.3. The maximum Gasteiger partial charge on any atom is 0.193 e. The van der Waals surface area contributed by atoms with Crippen LogP contribution in [-0.4, -0.2) is 41.1 Å². The molecule has 2 heterocycles. The number of unbranched alkanes of at least 4 members (excludes halogenated alkanes) is 1. The fourth-order valence-electron chi connectivity index (χ4n) is 3.06. The van der Waals surface area contributed by atoms with Gasteiger partial charge in [0, 0.05) is 45.0 Å². The fourth-order valence-corrected chi connectivity index (χ4v) is 3.06. The molecule has 0 aliphatic rings. The largest absolute Gasteiger partial charge is 0.459 e. The lowest BCUT2D eigenvalue weighted by Crippen LogP contribution is -2.38. The van der Waals surface area contributed by atoms with E-state index in [1.807, 2.05) is 51.6 Å². The van der Waals surface area contributed by atoms with Gasteiger partial charge in [-0.3, -0.25) is 4.99 Å². The molecule has 0 fully saturated rings. The molecule has 0 radical (unpaired) electrons. The zero-order valence-electron chi connectivity index (χ0n) is 16.2. The molecule has 7 heteroatoms. The van der Waals surface area contributed by atoms with Gasteiger partial charge < -0.3 is 19.2 Å². The average molecular weight is 481 g/mol. The lowest BCUT2D eigenvalue weighted by Gasteiger charge is -2.21. The number of halogens is 1. The highest BCUT2D eigenvalue weighted by molar-refractivity contribution is 14.0. The van der Waals surface area contributed by atoms with Gasteiger partial charge in [-0.15, -0.1) is 24.0 Å². The number of nitrogens with zero attached hydrogens (tertiary/aromatic N) is 4. The molecular formula is C20H28IN5O. The number of hydrogen-bond acceptors (Lipinski definition) is 3. The van der Waals surface area contributed by atoms with Crippen molar-refractivity contribution in [1.82, 2.24) is 19.8 Å². The average Bonchev–Trinajstić information content (AvgIpc) is 3.23. The Kier molecular flexibility index (Phi) is 8.15. The molecule has 0 amide bonds. The summed E-state index contributed by atoms with van der Waals surface area (Å²) in [6.45, 7) is 4.61. The summed E-state index contributed by atoms with van der Waals surface area (Å²) in [7, 11) is 3.84. The van der Waals surface area contributed by atoms with Crippen molar-refractivity contribution in [3.8, 4) is 0 Å². The van der Waals surface area contributed by atoms with Gasteiger partial charge in [0.1, 0.15) is 17.2 Å². The van der Waals surface area contributed by atoms with Crippen LogP contribution in [0.2, 0.25) is 0 Å². The van der Waals surface area contributed by atoms with Crippen molar-refractivity contribution in [3.05, 3.63) is 54.3 Å². The number of aliphatic imine (C=N–C) groups is 1. The van der Waals surface area contributed by atoms with Gasteiger partial charge in [0.05, 0.1) is 6.54 Å². The first-order valence-corrected chi connectivity index (χ1v) is 9.04. The lowest BCUT2D eigenvalue weighted by atomic mass is 10.2. The number of hydrogen-bond donors (Lipinski definition) is 1. The molecule has 0 bridgehead atoms. The van der Waals surface area contributed by atoms with Gasteiger partial charge in [-0.2, -0.15) is 0 Å². The van der Waals surface area contributed by atoms with Gasteiger partial charge in [-0.05, 0) is 31.9 Å². The smallest absolute Gasteiger partial charge is 0.193 e. The summed E-state index contributed by atoms with van der Waals surface area (Å²) in [5, 5.41) is 4.56. The Bertz CT molecular complexity index is 837. The summed E-state index contributed by atoms with van der Waals surface area (Å²) in [6.07, 6.45) is 6.06. The minimum Gasteiger partial charge on any atom is -0.459 e. The Labute approximate surface area is 177 Å². The molecule has 0 saturated heterocycles. The third kappa shape index (κ3) is 5.72. The Morgan fingerprint density at radius 2 is 2.11 bits per heavy atom. The zero-order chi connectivity index (χ0) is 18.4. The van der Waals surface area contributed by atoms with Crippen molar-refractivity contribution in [1.29, 1.82) is 0 Å². The topological polar surface area (TPSA) is 58.6 Å². The number of imidazole rings is 1. The highest BCUT2D eigenvalue weighted by Crippen LogP contribution is 2.19. The van der Waals surface area contributed by atoms with E-state index in [-0.39, 0.29) is 24.0 Å². The minimum absolute atomic E-state index is 0. The molecule has 0 atom stereocenters. The second-order valence-electron chi connectivity index (χ2n) is 6.46. The number of aryl methyl sites for hydroxylation is 2. The maximum absolute atomic E-state index is 5.90. The van der Waals surface area contributed by atoms with Crippen LogP contribution in [0, 0.1) is 6.92 Å². The first-order valence-electron chi connectivity index (χ1n) is 9.04. The number of nitrogens with one attached hydrogen (secondary N) is 1. The van der Waals surface area contributed by atoms with Crippen LogP contribution in [0.3, 0.4) is 0 Å². The van der Waals surface area contributed by atoms with E-state index in [9.17, 15) is 0 Å². The summed E-state index contributed by atoms with van der Waals surface area (Å²) in [5.41, 5.74) is 0.925. The standard InChI is InChI=1S/C20H27N5O.HI/c1-16-22-11-13-25(16)12-7-6-10-23-20(21-2)24(3)15-18-14-17-8-4-5-9-19(17)26-18;/h4-5,8-9,11,13-14H,6-7,10,12,15H2,1-3H3,(H,21,23);1H. The molecule has 0 saturated carbocycles. The second-order valence-corrected chi connectivity index (χ2v) is 6.46. The zero-order valence-corrected chi connectivity index (χ0v) is 18.5. The third-order valence-electron chi connectivity index (χ3n) is 4.48. The van der Waals surface area contributed by atoms with E-state index >= 15 is 0 Å². The van der Waals surface area contributed by atoms with Crippen molar-refractivity contribution < 1.29 is 4.42 Å². The van der Waals surface area contributed by atoms with Crippen LogP contribution >= 0.6 is 24.0 Å². The van der Waals surface area contributed by atoms with E-state index in [0.717, 1.165) is 54.4 Å². The van der Waals surface area contributed by atoms with Crippen LogP contribution in [0.25, 0.3) is 11.0 Å². The summed E-state index contributed by atoms with van der Waals surface area (Å²) in [6, 6.07) is 10.2. The predicted octanol–water partition coefficient (Wildman–Crippen LogP) is 4.04. The molecule has 1 N–H and O–H groups in total. The first kappa shape index (κ1) is 21.3. The van der Waals surface area contributed by atoms with Gasteiger partial charge in [-0.1, -0.05) is 18.2 Å². The van der Waals surface area contributed by atoms with E-state index in [0.29, 0.717) is 6.54 Å². The van der Waals surface area contributed by atoms with Crippen molar-refractivity contribution in [2.45, 2.75) is 32.9 Å². The fraction of sp³-hybridized carbons (Fsp3) is 0.400. The van der Waals surface area contributed by atoms with E-state index in [4.69, 9.17) is 4.42 Å². The van der Waals surface area contributed by atoms with Crippen LogP contribution in [0.4, 0.5) is 0 Å². The van der Waals surface area contributed by atoms with Gasteiger partial charge in [0.25, 0.3) is 0 Å². The number of rotatable bonds is 7. The van der Waals surface area contributed by atoms with E-state index in [1.54, 1.807) is 0 Å². The third-order valence-corrected chi connectivity index (χ3v) is 4.48. The van der Waals surface area contributed by atoms with Gasteiger partial charge in [0.2, 0.25) is 0 Å². The molecule has 0 spiro atoms. The Balaban J connectivity index is 0.00000261. The number of guanidine groups is 1. The van der Waals surface area contributed by atoms with Crippen molar-refractivity contribution in [3.63, 3.8) is 0 Å². The summed E-state index contributed by atoms with van der Waals surface area (Å²) >= 11 is 0. The molecular weight excluding hydrogens is 453 g/mol. The predicted molar refractivity (Wildman–Crippen MR) is 121 cm³/mol. The molecule has 6 nitrogen and oxygen atoms in total. The molecule has 2 aromatic heterocycles. The molecule has 27 heavy (non-hydrogen) atoms. The van der Waals surface area contributed by atoms with E-state index in [1.165, 1.54) is 0 Å². The SMILES string of the molecule is CN=C(NCCCCn1ccnc1C)N(C)Cc1cc2ccccc2o1.I. The maximum atomic E-state index is 5.90. The minimum atomic E-state index is 0. The normalized spacial score (nSPS) is 11.4. The summed E-state index contributed by atoms with van der Waals surface area (Å²) < 4.78 is 8.08. The monoisotopic (exact) mass is 481 g/mol. The van der Waals surface area contributed by atoms with Crippen LogP contribution in [0.15, 0.2) is 52.1 Å². The quantitative estimate of drug-likeness (QED) is 0.240. The van der Waals surface area contributed by atoms with E-state index in [2.05, 4.69) is 36.9 Å². The molecule has 0 aliphatic heterocycles. The lowest BCUT2D eigenvalue weighted by molar-refractivity contribution is 0.411. The molecule has 1 aromatic carbocycles. The molecule has 0 aliphatic carbocycles. The van der Waals surface area contributed by atoms with Crippen molar-refractivity contribution in [2.24, 2.45) is 4.99 Å². The molecule has 0 unspecified atom stereocenters.